The number of benzene rings is 1. The summed E-state index contributed by atoms with van der Waals surface area (Å²) in [6.45, 7) is 0.202. The van der Waals surface area contributed by atoms with Gasteiger partial charge in [-0.1, -0.05) is 11.6 Å². The summed E-state index contributed by atoms with van der Waals surface area (Å²) in [6, 6.07) is 4.65. The Morgan fingerprint density at radius 1 is 1.48 bits per heavy atom. The number of rotatable bonds is 3. The number of hydrogen-bond acceptors (Lipinski definition) is 5. The number of carbonyl (C=O) groups excluding carboxylic acids is 1. The number of nitrogens with two attached hydrogens (primary N) is 1. The summed E-state index contributed by atoms with van der Waals surface area (Å²) in [6.07, 6.45) is 0. The molecule has 1 aromatic heterocycles. The number of hydrogen-bond donors (Lipinski definition) is 3. The fraction of sp³-hybridized carbons (Fsp3) is 0.308. The molecule has 4 N–H and O–H groups in total. The van der Waals surface area contributed by atoms with Crippen molar-refractivity contribution in [3.05, 3.63) is 28.9 Å². The van der Waals surface area contributed by atoms with Gasteiger partial charge in [-0.05, 0) is 18.2 Å². The van der Waals surface area contributed by atoms with Crippen molar-refractivity contribution in [1.29, 1.82) is 0 Å². The van der Waals surface area contributed by atoms with E-state index in [4.69, 9.17) is 17.3 Å². The van der Waals surface area contributed by atoms with Crippen LogP contribution in [0, 0.1) is 0 Å². The second-order valence-electron chi connectivity index (χ2n) is 5.07. The van der Waals surface area contributed by atoms with Crippen LogP contribution in [0.1, 0.15) is 10.5 Å². The average Bonchev–Trinajstić information content (AvgIpc) is 2.86. The monoisotopic (exact) mass is 375 g/mol. The Morgan fingerprint density at radius 3 is 2.87 bits per heavy atom. The fourth-order valence-electron chi connectivity index (χ4n) is 2.54. The molecule has 124 valence electrons. The van der Waals surface area contributed by atoms with E-state index in [2.05, 4.69) is 4.98 Å². The second kappa shape index (κ2) is 5.99. The molecule has 1 aliphatic heterocycles. The largest absolute Gasteiger partial charge is 0.381 e. The van der Waals surface area contributed by atoms with Gasteiger partial charge in [0.15, 0.2) is 0 Å². The highest BCUT2D eigenvalue weighted by molar-refractivity contribution is 8.00. The molecular formula is C13H14ClN3O4S2. The van der Waals surface area contributed by atoms with E-state index in [0.717, 1.165) is 4.31 Å². The summed E-state index contributed by atoms with van der Waals surface area (Å²) in [5.41, 5.74) is 4.80. The van der Waals surface area contributed by atoms with Crippen molar-refractivity contribution in [3.63, 3.8) is 0 Å². The predicted molar refractivity (Wildman–Crippen MR) is 89.1 cm³/mol. The maximum absolute atomic E-state index is 13.0. The molecule has 1 atom stereocenters. The third kappa shape index (κ3) is 2.94. The van der Waals surface area contributed by atoms with Gasteiger partial charge in [0.2, 0.25) is 10.0 Å². The number of fused-ring (bicyclic) bond motifs is 1. The molecule has 0 spiro atoms. The lowest BCUT2D eigenvalue weighted by Gasteiger charge is -2.28. The van der Waals surface area contributed by atoms with Crippen LogP contribution in [0.4, 0.5) is 0 Å². The molecule has 1 aliphatic rings. The first-order valence-corrected chi connectivity index (χ1v) is 9.58. The van der Waals surface area contributed by atoms with Crippen LogP contribution in [0.25, 0.3) is 10.9 Å². The lowest BCUT2D eigenvalue weighted by Crippen LogP contribution is -2.42. The van der Waals surface area contributed by atoms with E-state index >= 15 is 0 Å². The third-order valence-electron chi connectivity index (χ3n) is 3.57. The summed E-state index contributed by atoms with van der Waals surface area (Å²) in [4.78, 5) is 14.2. The van der Waals surface area contributed by atoms with Crippen molar-refractivity contribution >= 4 is 50.2 Å². The molecule has 7 nitrogen and oxygen atoms in total. The lowest BCUT2D eigenvalue weighted by molar-refractivity contribution is 0.0993. The van der Waals surface area contributed by atoms with E-state index in [-0.39, 0.29) is 23.7 Å². The summed E-state index contributed by atoms with van der Waals surface area (Å²) in [5, 5.41) is 10.4. The first-order chi connectivity index (χ1) is 10.8. The highest BCUT2D eigenvalue weighted by Gasteiger charge is 2.35. The van der Waals surface area contributed by atoms with Gasteiger partial charge in [-0.25, -0.2) is 8.42 Å². The highest BCUT2D eigenvalue weighted by Crippen LogP contribution is 2.33. The van der Waals surface area contributed by atoms with Crippen molar-refractivity contribution in [2.45, 2.75) is 10.3 Å². The van der Waals surface area contributed by atoms with Gasteiger partial charge >= 0.3 is 0 Å². The number of H-pyrrole nitrogens is 1. The normalized spacial score (nSPS) is 20.0. The summed E-state index contributed by atoms with van der Waals surface area (Å²) < 4.78 is 27.1. The molecule has 23 heavy (non-hydrogen) atoms. The molecule has 10 heteroatoms. The predicted octanol–water partition coefficient (Wildman–Crippen LogP) is 0.976. The van der Waals surface area contributed by atoms with E-state index in [1.165, 1.54) is 17.8 Å². The van der Waals surface area contributed by atoms with E-state index in [9.17, 15) is 18.3 Å². The Balaban J connectivity index is 2.22. The summed E-state index contributed by atoms with van der Waals surface area (Å²) in [5.74, 6) is -0.405. The van der Waals surface area contributed by atoms with Crippen LogP contribution in [0.5, 0.6) is 0 Å². The van der Waals surface area contributed by atoms with Gasteiger partial charge in [0.05, 0.1) is 0 Å². The molecule has 1 aromatic carbocycles. The maximum atomic E-state index is 13.0. The molecule has 2 heterocycles. The minimum absolute atomic E-state index is 0.0432. The molecule has 1 unspecified atom stereocenters. The second-order valence-corrected chi connectivity index (χ2v) is 8.67. The van der Waals surface area contributed by atoms with Crippen molar-refractivity contribution in [2.24, 2.45) is 5.73 Å². The van der Waals surface area contributed by atoms with Crippen LogP contribution in [-0.4, -0.2) is 53.0 Å². The van der Waals surface area contributed by atoms with Crippen molar-refractivity contribution in [2.75, 3.05) is 18.8 Å². The van der Waals surface area contributed by atoms with Crippen molar-refractivity contribution in [1.82, 2.24) is 9.29 Å². The fourth-order valence-corrected chi connectivity index (χ4v) is 5.59. The zero-order chi connectivity index (χ0) is 16.8. The smallest absolute Gasteiger partial charge is 0.266 e. The minimum Gasteiger partial charge on any atom is -0.381 e. The van der Waals surface area contributed by atoms with Gasteiger partial charge in [0.25, 0.3) is 5.91 Å². The molecule has 1 fully saturated rings. The van der Waals surface area contributed by atoms with Gasteiger partial charge in [-0.3, -0.25) is 4.79 Å². The number of primary amides is 1. The van der Waals surface area contributed by atoms with Crippen molar-refractivity contribution < 1.29 is 18.3 Å². The number of sulfonamides is 1. The Bertz CT molecular complexity index is 881. The van der Waals surface area contributed by atoms with Crippen molar-refractivity contribution in [3.8, 4) is 0 Å². The van der Waals surface area contributed by atoms with E-state index in [1.54, 1.807) is 12.1 Å². The Morgan fingerprint density at radius 2 is 2.22 bits per heavy atom. The number of aromatic nitrogens is 1. The Hall–Kier alpha value is -1.26. The van der Waals surface area contributed by atoms with Gasteiger partial charge in [-0.2, -0.15) is 4.31 Å². The molecule has 1 amide bonds. The van der Waals surface area contributed by atoms with Crippen LogP contribution in [0.3, 0.4) is 0 Å². The SMILES string of the molecule is NC(=O)c1[nH]c2ccc(Cl)cc2c1S(=O)(=O)N1CCSC(O)C1. The van der Waals surface area contributed by atoms with E-state index in [1.807, 2.05) is 0 Å². The number of aliphatic hydroxyl groups is 1. The molecule has 0 radical (unpaired) electrons. The summed E-state index contributed by atoms with van der Waals surface area (Å²) in [7, 11) is -4.00. The molecule has 3 rings (SSSR count). The lowest BCUT2D eigenvalue weighted by atomic mass is 10.2. The number of nitrogens with one attached hydrogen (secondary N) is 1. The first kappa shape index (κ1) is 16.6. The van der Waals surface area contributed by atoms with Crippen LogP contribution in [-0.2, 0) is 10.0 Å². The number of nitrogens with zero attached hydrogens (tertiary/aromatic N) is 1. The number of thioether (sulfide) groups is 1. The van der Waals surface area contributed by atoms with Gasteiger partial charge in [0, 0.05) is 34.8 Å². The zero-order valence-corrected chi connectivity index (χ0v) is 14.2. The standard InChI is InChI=1S/C13H14ClN3O4S2/c14-7-1-2-9-8(5-7)12(11(16-9)13(15)19)23(20,21)17-3-4-22-10(18)6-17/h1-2,5,10,16,18H,3-4,6H2,(H2,15,19). The number of amides is 1. The van der Waals surface area contributed by atoms with Crippen LogP contribution in [0.15, 0.2) is 23.1 Å². The Kier molecular flexibility index (Phi) is 4.32. The van der Waals surface area contributed by atoms with Gasteiger partial charge < -0.3 is 15.8 Å². The first-order valence-electron chi connectivity index (χ1n) is 6.71. The molecule has 2 aromatic rings. The highest BCUT2D eigenvalue weighted by atomic mass is 35.5. The quantitative estimate of drug-likeness (QED) is 0.739. The topological polar surface area (TPSA) is 116 Å². The number of β-amino-alcohol motifs (C(OH)–C–C–N with tert-alkyl or cyclic N) is 1. The minimum atomic E-state index is -4.00. The molecule has 1 saturated heterocycles. The maximum Gasteiger partial charge on any atom is 0.266 e. The van der Waals surface area contributed by atoms with Gasteiger partial charge in [-0.15, -0.1) is 11.8 Å². The van der Waals surface area contributed by atoms with Crippen LogP contribution < -0.4 is 5.73 Å². The van der Waals surface area contributed by atoms with Crippen LogP contribution in [0.2, 0.25) is 5.02 Å². The van der Waals surface area contributed by atoms with E-state index in [0.29, 0.717) is 21.7 Å². The van der Waals surface area contributed by atoms with Crippen LogP contribution >= 0.6 is 23.4 Å². The third-order valence-corrected chi connectivity index (χ3v) is 6.71. The average molecular weight is 376 g/mol. The van der Waals surface area contributed by atoms with E-state index < -0.39 is 21.4 Å². The molecule has 0 bridgehead atoms. The molecular weight excluding hydrogens is 362 g/mol. The Labute approximate surface area is 141 Å². The summed E-state index contributed by atoms with van der Waals surface area (Å²) >= 11 is 7.24. The zero-order valence-electron chi connectivity index (χ0n) is 11.8. The number of halogens is 1. The number of carbonyl (C=O) groups is 1. The molecule has 0 aliphatic carbocycles. The number of aromatic amines is 1. The number of aliphatic hydroxyl groups excluding tert-OH is 1. The molecule has 0 saturated carbocycles. The van der Waals surface area contributed by atoms with Gasteiger partial charge in [0.1, 0.15) is 16.0 Å².